The van der Waals surface area contributed by atoms with Gasteiger partial charge in [0.15, 0.2) is 11.5 Å². The largest absolute Gasteiger partial charge is 0.508 e. The minimum Gasteiger partial charge on any atom is -0.508 e. The Hall–Kier alpha value is -2.60. The molecular formula is C15H14O6. The number of rotatable bonds is 1. The highest BCUT2D eigenvalue weighted by molar-refractivity contribution is 5.51. The Kier molecular flexibility index (Phi) is 2.84. The Morgan fingerprint density at radius 3 is 2.38 bits per heavy atom. The van der Waals surface area contributed by atoms with E-state index in [1.54, 1.807) is 0 Å². The van der Waals surface area contributed by atoms with Crippen LogP contribution in [-0.4, -0.2) is 25.5 Å². The van der Waals surface area contributed by atoms with Crippen molar-refractivity contribution in [3.05, 3.63) is 41.5 Å². The van der Waals surface area contributed by atoms with Gasteiger partial charge in [0.25, 0.3) is 0 Å². The quantitative estimate of drug-likeness (QED) is 0.511. The summed E-state index contributed by atoms with van der Waals surface area (Å²) in [5, 5.41) is 48.7. The number of hydrogen-bond donors (Lipinski definition) is 5. The first kappa shape index (κ1) is 13.4. The molecule has 2 aromatic carbocycles. The lowest BCUT2D eigenvalue weighted by atomic mass is 9.93. The number of benzene rings is 2. The Bertz CT molecular complexity index is 712. The van der Waals surface area contributed by atoms with Gasteiger partial charge in [-0.3, -0.25) is 0 Å². The van der Waals surface area contributed by atoms with Crippen molar-refractivity contribution in [3.8, 4) is 28.7 Å². The second-order valence-electron chi connectivity index (χ2n) is 5.03. The lowest BCUT2D eigenvalue weighted by molar-refractivity contribution is -0.158. The maximum absolute atomic E-state index is 10.6. The summed E-state index contributed by atoms with van der Waals surface area (Å²) in [5.41, 5.74) is 0.770. The molecule has 0 bridgehead atoms. The van der Waals surface area contributed by atoms with Crippen LogP contribution >= 0.6 is 0 Å². The molecule has 6 nitrogen and oxygen atoms in total. The van der Waals surface area contributed by atoms with E-state index < -0.39 is 5.79 Å². The molecule has 1 aliphatic heterocycles. The first-order valence-corrected chi connectivity index (χ1v) is 6.38. The van der Waals surface area contributed by atoms with Gasteiger partial charge in [0.1, 0.15) is 17.2 Å². The van der Waals surface area contributed by atoms with Crippen molar-refractivity contribution in [3.63, 3.8) is 0 Å². The minimum atomic E-state index is -1.71. The predicted molar refractivity (Wildman–Crippen MR) is 72.4 cm³/mol. The lowest BCUT2D eigenvalue weighted by Crippen LogP contribution is -2.36. The van der Waals surface area contributed by atoms with Crippen LogP contribution in [0, 0.1) is 0 Å². The molecule has 0 saturated carbocycles. The van der Waals surface area contributed by atoms with E-state index in [2.05, 4.69) is 0 Å². The van der Waals surface area contributed by atoms with Gasteiger partial charge in [-0.25, -0.2) is 0 Å². The molecule has 5 N–H and O–H groups in total. The molecule has 2 aromatic rings. The van der Waals surface area contributed by atoms with Crippen LogP contribution < -0.4 is 4.74 Å². The lowest BCUT2D eigenvalue weighted by Gasteiger charge is -2.34. The van der Waals surface area contributed by atoms with E-state index >= 15 is 0 Å². The molecule has 0 fully saturated rings. The number of phenols is 4. The molecule has 0 aromatic heterocycles. The average molecular weight is 290 g/mol. The minimum absolute atomic E-state index is 0.0967. The summed E-state index contributed by atoms with van der Waals surface area (Å²) in [6.45, 7) is 0. The van der Waals surface area contributed by atoms with Crippen LogP contribution in [0.5, 0.6) is 28.7 Å². The van der Waals surface area contributed by atoms with Gasteiger partial charge in [-0.1, -0.05) is 0 Å². The van der Waals surface area contributed by atoms with E-state index in [9.17, 15) is 25.5 Å². The molecular weight excluding hydrogens is 276 g/mol. The summed E-state index contributed by atoms with van der Waals surface area (Å²) in [6.07, 6.45) is 0.488. The summed E-state index contributed by atoms with van der Waals surface area (Å²) in [6, 6.07) is 6.41. The normalized spacial score (nSPS) is 20.6. The van der Waals surface area contributed by atoms with E-state index in [1.807, 2.05) is 0 Å². The summed E-state index contributed by atoms with van der Waals surface area (Å²) >= 11 is 0. The van der Waals surface area contributed by atoms with Crippen LogP contribution in [0.15, 0.2) is 30.3 Å². The summed E-state index contributed by atoms with van der Waals surface area (Å²) in [7, 11) is 0. The fourth-order valence-electron chi connectivity index (χ4n) is 2.46. The number of hydrogen-bond acceptors (Lipinski definition) is 6. The molecule has 0 saturated heterocycles. The first-order chi connectivity index (χ1) is 9.89. The third-order valence-corrected chi connectivity index (χ3v) is 3.59. The first-order valence-electron chi connectivity index (χ1n) is 6.38. The number of aliphatic hydroxyl groups is 1. The summed E-state index contributed by atoms with van der Waals surface area (Å²) in [4.78, 5) is 0. The van der Waals surface area contributed by atoms with Gasteiger partial charge in [0.2, 0.25) is 5.79 Å². The zero-order chi connectivity index (χ0) is 15.2. The van der Waals surface area contributed by atoms with Gasteiger partial charge in [0.05, 0.1) is 0 Å². The highest BCUT2D eigenvalue weighted by atomic mass is 16.6. The monoisotopic (exact) mass is 290 g/mol. The smallest absolute Gasteiger partial charge is 0.235 e. The fourth-order valence-corrected chi connectivity index (χ4v) is 2.46. The SMILES string of the molecule is Oc1cc(O)c2c(c1)OC(O)(c1ccc(O)c(O)c1)CC2. The Morgan fingerprint density at radius 2 is 1.67 bits per heavy atom. The summed E-state index contributed by atoms with van der Waals surface area (Å²) < 4.78 is 5.50. The van der Waals surface area contributed by atoms with E-state index in [-0.39, 0.29) is 40.7 Å². The van der Waals surface area contributed by atoms with Crippen LogP contribution in [0.2, 0.25) is 0 Å². The molecule has 0 aliphatic carbocycles. The Balaban J connectivity index is 2.02. The van der Waals surface area contributed by atoms with Crippen molar-refractivity contribution in [2.45, 2.75) is 18.6 Å². The van der Waals surface area contributed by atoms with E-state index in [4.69, 9.17) is 4.74 Å². The molecule has 0 spiro atoms. The van der Waals surface area contributed by atoms with Crippen LogP contribution in [0.3, 0.4) is 0 Å². The third kappa shape index (κ3) is 2.19. The van der Waals surface area contributed by atoms with E-state index in [0.717, 1.165) is 0 Å². The molecule has 0 amide bonds. The Morgan fingerprint density at radius 1 is 0.905 bits per heavy atom. The maximum Gasteiger partial charge on any atom is 0.235 e. The number of phenolic OH excluding ortho intramolecular Hbond substituents is 4. The molecule has 1 aliphatic rings. The van der Waals surface area contributed by atoms with Crippen molar-refractivity contribution in [2.75, 3.05) is 0 Å². The Labute approximate surface area is 120 Å². The van der Waals surface area contributed by atoms with Gasteiger partial charge in [0, 0.05) is 29.7 Å². The molecule has 3 rings (SSSR count). The molecule has 1 heterocycles. The molecule has 1 atom stereocenters. The van der Waals surface area contributed by atoms with Crippen molar-refractivity contribution in [2.24, 2.45) is 0 Å². The maximum atomic E-state index is 10.6. The molecule has 6 heteroatoms. The summed E-state index contributed by atoms with van der Waals surface area (Å²) in [5.74, 6) is -2.47. The van der Waals surface area contributed by atoms with Gasteiger partial charge in [-0.05, 0) is 24.6 Å². The van der Waals surface area contributed by atoms with Crippen LogP contribution in [0.4, 0.5) is 0 Å². The van der Waals surface area contributed by atoms with Gasteiger partial charge in [-0.2, -0.15) is 0 Å². The van der Waals surface area contributed by atoms with E-state index in [0.29, 0.717) is 12.0 Å². The van der Waals surface area contributed by atoms with Crippen LogP contribution in [0.1, 0.15) is 17.5 Å². The standard InChI is InChI=1S/C15H14O6/c16-9-6-12(18)10-3-4-15(20,21-14(10)7-9)8-1-2-11(17)13(19)5-8/h1-2,5-7,16-20H,3-4H2. The molecule has 21 heavy (non-hydrogen) atoms. The van der Waals surface area contributed by atoms with Gasteiger partial charge >= 0.3 is 0 Å². The van der Waals surface area contributed by atoms with Gasteiger partial charge in [-0.15, -0.1) is 0 Å². The van der Waals surface area contributed by atoms with E-state index in [1.165, 1.54) is 30.3 Å². The second-order valence-corrected chi connectivity index (χ2v) is 5.03. The van der Waals surface area contributed by atoms with Crippen molar-refractivity contribution < 1.29 is 30.3 Å². The molecule has 1 unspecified atom stereocenters. The van der Waals surface area contributed by atoms with Crippen LogP contribution in [-0.2, 0) is 12.2 Å². The highest BCUT2D eigenvalue weighted by Crippen LogP contribution is 2.44. The predicted octanol–water partition coefficient (Wildman–Crippen LogP) is 1.68. The van der Waals surface area contributed by atoms with Gasteiger partial charge < -0.3 is 30.3 Å². The van der Waals surface area contributed by atoms with Crippen molar-refractivity contribution >= 4 is 0 Å². The average Bonchev–Trinajstić information content (AvgIpc) is 2.41. The molecule has 110 valence electrons. The fraction of sp³-hybridized carbons (Fsp3) is 0.200. The topological polar surface area (TPSA) is 110 Å². The number of aromatic hydroxyl groups is 4. The zero-order valence-electron chi connectivity index (χ0n) is 10.9. The zero-order valence-corrected chi connectivity index (χ0v) is 10.9. The van der Waals surface area contributed by atoms with Crippen molar-refractivity contribution in [1.29, 1.82) is 0 Å². The third-order valence-electron chi connectivity index (χ3n) is 3.59. The number of fused-ring (bicyclic) bond motifs is 1. The second kappa shape index (κ2) is 4.46. The van der Waals surface area contributed by atoms with Crippen molar-refractivity contribution in [1.82, 2.24) is 0 Å². The number of ether oxygens (including phenoxy) is 1. The van der Waals surface area contributed by atoms with Crippen LogP contribution in [0.25, 0.3) is 0 Å². The highest BCUT2D eigenvalue weighted by Gasteiger charge is 2.37. The molecule has 0 radical (unpaired) electrons.